The second-order valence-corrected chi connectivity index (χ2v) is 5.21. The van der Waals surface area contributed by atoms with Gasteiger partial charge in [-0.15, -0.1) is 0 Å². The van der Waals surface area contributed by atoms with Crippen molar-refractivity contribution in [2.24, 2.45) is 0 Å². The number of rotatable bonds is 5. The van der Waals surface area contributed by atoms with Gasteiger partial charge in [-0.05, 0) is 42.3 Å². The predicted molar refractivity (Wildman–Crippen MR) is 87.3 cm³/mol. The van der Waals surface area contributed by atoms with Gasteiger partial charge in [-0.25, -0.2) is 4.39 Å². The van der Waals surface area contributed by atoms with E-state index in [1.807, 2.05) is 24.4 Å². The Morgan fingerprint density at radius 3 is 2.87 bits per heavy atom. The largest absolute Gasteiger partial charge is 0.497 e. The summed E-state index contributed by atoms with van der Waals surface area (Å²) in [7, 11) is 1.63. The number of ether oxygens (including phenoxy) is 1. The quantitative estimate of drug-likeness (QED) is 0.759. The highest BCUT2D eigenvalue weighted by Gasteiger charge is 2.11. The molecule has 2 aromatic carbocycles. The molecule has 0 spiro atoms. The van der Waals surface area contributed by atoms with Crippen molar-refractivity contribution in [3.63, 3.8) is 0 Å². The summed E-state index contributed by atoms with van der Waals surface area (Å²) in [6, 6.07) is 11.8. The molecule has 0 aliphatic carbocycles. The summed E-state index contributed by atoms with van der Waals surface area (Å²) >= 11 is 0. The summed E-state index contributed by atoms with van der Waals surface area (Å²) in [4.78, 5) is 15.2. The van der Waals surface area contributed by atoms with E-state index < -0.39 is 11.7 Å². The lowest BCUT2D eigenvalue weighted by molar-refractivity contribution is 0.0950. The van der Waals surface area contributed by atoms with Crippen molar-refractivity contribution in [2.45, 2.75) is 6.42 Å². The van der Waals surface area contributed by atoms with Gasteiger partial charge in [0.1, 0.15) is 11.6 Å². The first-order valence-electron chi connectivity index (χ1n) is 7.36. The minimum absolute atomic E-state index is 0.0631. The molecule has 0 aliphatic rings. The zero-order chi connectivity index (χ0) is 16.2. The molecule has 0 bridgehead atoms. The third kappa shape index (κ3) is 3.18. The molecule has 0 aliphatic heterocycles. The summed E-state index contributed by atoms with van der Waals surface area (Å²) < 4.78 is 18.8. The standard InChI is InChI=1S/C18H17FN2O2/c1-23-13-6-7-17-15(10-13)12(11-21-17)8-9-20-18(22)14-4-2-3-5-16(14)19/h2-7,10-11,21H,8-9H2,1H3,(H,20,22). The molecule has 0 saturated heterocycles. The van der Waals surface area contributed by atoms with Crippen LogP contribution in [0.4, 0.5) is 4.39 Å². The van der Waals surface area contributed by atoms with Crippen LogP contribution in [0.15, 0.2) is 48.7 Å². The Morgan fingerprint density at radius 1 is 1.26 bits per heavy atom. The number of H-pyrrole nitrogens is 1. The normalized spacial score (nSPS) is 10.7. The van der Waals surface area contributed by atoms with Crippen LogP contribution in [-0.4, -0.2) is 24.5 Å². The Morgan fingerprint density at radius 2 is 2.09 bits per heavy atom. The highest BCUT2D eigenvalue weighted by molar-refractivity contribution is 5.94. The fraction of sp³-hybridized carbons (Fsp3) is 0.167. The maximum atomic E-state index is 13.6. The molecule has 0 atom stereocenters. The maximum absolute atomic E-state index is 13.6. The highest BCUT2D eigenvalue weighted by Crippen LogP contribution is 2.23. The highest BCUT2D eigenvalue weighted by atomic mass is 19.1. The van der Waals surface area contributed by atoms with Gasteiger partial charge in [0.25, 0.3) is 5.91 Å². The van der Waals surface area contributed by atoms with Crippen LogP contribution in [0.1, 0.15) is 15.9 Å². The Bertz CT molecular complexity index is 842. The Kier molecular flexibility index (Phi) is 4.28. The summed E-state index contributed by atoms with van der Waals surface area (Å²) in [5, 5.41) is 3.81. The summed E-state index contributed by atoms with van der Waals surface area (Å²) in [6.45, 7) is 0.428. The van der Waals surface area contributed by atoms with Gasteiger partial charge in [-0.2, -0.15) is 0 Å². The number of aromatic amines is 1. The van der Waals surface area contributed by atoms with E-state index in [0.717, 1.165) is 22.2 Å². The number of hydrogen-bond acceptors (Lipinski definition) is 2. The van der Waals surface area contributed by atoms with Crippen LogP contribution >= 0.6 is 0 Å². The molecule has 5 heteroatoms. The Labute approximate surface area is 133 Å². The third-order valence-corrected chi connectivity index (χ3v) is 3.77. The van der Waals surface area contributed by atoms with Gasteiger partial charge in [0.15, 0.2) is 0 Å². The molecule has 1 heterocycles. The molecule has 23 heavy (non-hydrogen) atoms. The Balaban J connectivity index is 1.67. The summed E-state index contributed by atoms with van der Waals surface area (Å²) in [5.41, 5.74) is 2.15. The predicted octanol–water partition coefficient (Wildman–Crippen LogP) is 3.29. The average molecular weight is 312 g/mol. The van der Waals surface area contributed by atoms with Crippen LogP contribution in [0.25, 0.3) is 10.9 Å². The van der Waals surface area contributed by atoms with E-state index in [2.05, 4.69) is 10.3 Å². The van der Waals surface area contributed by atoms with Crippen LogP contribution in [0.3, 0.4) is 0 Å². The molecule has 1 amide bonds. The maximum Gasteiger partial charge on any atom is 0.254 e. The number of benzene rings is 2. The smallest absolute Gasteiger partial charge is 0.254 e. The van der Waals surface area contributed by atoms with E-state index in [1.165, 1.54) is 12.1 Å². The molecule has 4 nitrogen and oxygen atoms in total. The van der Waals surface area contributed by atoms with E-state index in [4.69, 9.17) is 4.74 Å². The number of nitrogens with one attached hydrogen (secondary N) is 2. The van der Waals surface area contributed by atoms with E-state index in [9.17, 15) is 9.18 Å². The second-order valence-electron chi connectivity index (χ2n) is 5.21. The lowest BCUT2D eigenvalue weighted by atomic mass is 10.1. The minimum atomic E-state index is -0.512. The summed E-state index contributed by atoms with van der Waals surface area (Å²) in [6.07, 6.45) is 2.56. The molecule has 1 aromatic heterocycles. The van der Waals surface area contributed by atoms with Gasteiger partial charge < -0.3 is 15.0 Å². The van der Waals surface area contributed by atoms with Crippen molar-refractivity contribution in [1.82, 2.24) is 10.3 Å². The number of aromatic nitrogens is 1. The second kappa shape index (κ2) is 6.52. The van der Waals surface area contributed by atoms with Gasteiger partial charge in [-0.3, -0.25) is 4.79 Å². The number of amides is 1. The molecule has 0 radical (unpaired) electrons. The van der Waals surface area contributed by atoms with E-state index in [0.29, 0.717) is 13.0 Å². The number of hydrogen-bond donors (Lipinski definition) is 2. The van der Waals surface area contributed by atoms with E-state index in [-0.39, 0.29) is 5.56 Å². The van der Waals surface area contributed by atoms with Gasteiger partial charge in [0.05, 0.1) is 12.7 Å². The van der Waals surface area contributed by atoms with Crippen molar-refractivity contribution in [3.8, 4) is 5.75 Å². The fourth-order valence-corrected chi connectivity index (χ4v) is 2.54. The number of carbonyl (C=O) groups excluding carboxylic acids is 1. The van der Waals surface area contributed by atoms with Crippen molar-refractivity contribution < 1.29 is 13.9 Å². The third-order valence-electron chi connectivity index (χ3n) is 3.77. The minimum Gasteiger partial charge on any atom is -0.497 e. The lowest BCUT2D eigenvalue weighted by Gasteiger charge is -2.06. The zero-order valence-electron chi connectivity index (χ0n) is 12.7. The van der Waals surface area contributed by atoms with Crippen LogP contribution in [0, 0.1) is 5.82 Å². The fourth-order valence-electron chi connectivity index (χ4n) is 2.54. The molecule has 3 rings (SSSR count). The van der Waals surface area contributed by atoms with Crippen LogP contribution < -0.4 is 10.1 Å². The first-order chi connectivity index (χ1) is 11.2. The van der Waals surface area contributed by atoms with Crippen LogP contribution in [0.5, 0.6) is 5.75 Å². The van der Waals surface area contributed by atoms with Crippen molar-refractivity contribution in [3.05, 3.63) is 65.6 Å². The van der Waals surface area contributed by atoms with Crippen LogP contribution in [0.2, 0.25) is 0 Å². The zero-order valence-corrected chi connectivity index (χ0v) is 12.7. The first-order valence-corrected chi connectivity index (χ1v) is 7.36. The molecular weight excluding hydrogens is 295 g/mol. The number of halogens is 1. The summed E-state index contributed by atoms with van der Waals surface area (Å²) in [5.74, 6) is -0.129. The van der Waals surface area contributed by atoms with Crippen LogP contribution in [-0.2, 0) is 6.42 Å². The molecule has 0 fully saturated rings. The molecule has 118 valence electrons. The molecule has 0 saturated carbocycles. The molecular formula is C18H17FN2O2. The van der Waals surface area contributed by atoms with Gasteiger partial charge >= 0.3 is 0 Å². The molecule has 2 N–H and O–H groups in total. The average Bonchev–Trinajstić information content (AvgIpc) is 2.97. The molecule has 3 aromatic rings. The number of fused-ring (bicyclic) bond motifs is 1. The van der Waals surface area contributed by atoms with Crippen molar-refractivity contribution in [1.29, 1.82) is 0 Å². The van der Waals surface area contributed by atoms with E-state index in [1.54, 1.807) is 19.2 Å². The SMILES string of the molecule is COc1ccc2[nH]cc(CCNC(=O)c3ccccc3F)c2c1. The number of methoxy groups -OCH3 is 1. The topological polar surface area (TPSA) is 54.1 Å². The van der Waals surface area contributed by atoms with Gasteiger partial charge in [-0.1, -0.05) is 12.1 Å². The lowest BCUT2D eigenvalue weighted by Crippen LogP contribution is -2.26. The molecule has 0 unspecified atom stereocenters. The van der Waals surface area contributed by atoms with Gasteiger partial charge in [0.2, 0.25) is 0 Å². The monoisotopic (exact) mass is 312 g/mol. The number of carbonyl (C=O) groups is 1. The van der Waals surface area contributed by atoms with Crippen molar-refractivity contribution in [2.75, 3.05) is 13.7 Å². The first kappa shape index (κ1) is 15.1. The van der Waals surface area contributed by atoms with Gasteiger partial charge in [0, 0.05) is 23.6 Å². The van der Waals surface area contributed by atoms with Crippen molar-refractivity contribution >= 4 is 16.8 Å². The Hall–Kier alpha value is -2.82. The van der Waals surface area contributed by atoms with E-state index >= 15 is 0 Å².